The standard InChI is InChI=1S/C24H26FNO6/c1-15-11-21(17(3)26(15)16(2)12-29-4)22(27)14-31-24(28)23-10-9-20(32-23)13-30-19-7-5-18(25)6-8-19/h5-11,16H,12-14H2,1-4H3. The van der Waals surface area contributed by atoms with Gasteiger partial charge in [0.15, 0.2) is 6.61 Å². The number of aryl methyl sites for hydroxylation is 1. The smallest absolute Gasteiger partial charge is 0.374 e. The van der Waals surface area contributed by atoms with Gasteiger partial charge in [0.05, 0.1) is 12.6 Å². The zero-order valence-corrected chi connectivity index (χ0v) is 18.5. The van der Waals surface area contributed by atoms with Gasteiger partial charge in [0.25, 0.3) is 0 Å². The first kappa shape index (κ1) is 23.3. The summed E-state index contributed by atoms with van der Waals surface area (Å²) in [4.78, 5) is 24.9. The van der Waals surface area contributed by atoms with Gasteiger partial charge in [-0.1, -0.05) is 0 Å². The Morgan fingerprint density at radius 1 is 1.12 bits per heavy atom. The molecular weight excluding hydrogens is 417 g/mol. The molecule has 0 radical (unpaired) electrons. The van der Waals surface area contributed by atoms with Crippen molar-refractivity contribution in [2.45, 2.75) is 33.4 Å². The molecule has 3 rings (SSSR count). The van der Waals surface area contributed by atoms with Crippen molar-refractivity contribution in [1.29, 1.82) is 0 Å². The summed E-state index contributed by atoms with van der Waals surface area (Å²) in [6.07, 6.45) is 0. The van der Waals surface area contributed by atoms with Crippen molar-refractivity contribution < 1.29 is 32.6 Å². The van der Waals surface area contributed by atoms with Gasteiger partial charge in [-0.3, -0.25) is 4.79 Å². The minimum atomic E-state index is -0.743. The molecule has 0 aliphatic rings. The summed E-state index contributed by atoms with van der Waals surface area (Å²) < 4.78 is 36.2. The molecule has 0 saturated carbocycles. The minimum absolute atomic E-state index is 0.0327. The minimum Gasteiger partial charge on any atom is -0.486 e. The number of ether oxygens (including phenoxy) is 3. The molecule has 0 aliphatic heterocycles. The van der Waals surface area contributed by atoms with Gasteiger partial charge in [-0.15, -0.1) is 0 Å². The lowest BCUT2D eigenvalue weighted by atomic mass is 10.1. The predicted octanol–water partition coefficient (Wildman–Crippen LogP) is 4.66. The van der Waals surface area contributed by atoms with Crippen LogP contribution in [0, 0.1) is 19.7 Å². The van der Waals surface area contributed by atoms with Gasteiger partial charge in [0.1, 0.15) is 23.9 Å². The average Bonchev–Trinajstić information content (AvgIpc) is 3.36. The molecule has 1 unspecified atom stereocenters. The Morgan fingerprint density at radius 3 is 2.53 bits per heavy atom. The number of Topliss-reactive ketones (excluding diaryl/α,β-unsaturated/α-hetero) is 1. The van der Waals surface area contributed by atoms with Crippen molar-refractivity contribution in [2.75, 3.05) is 20.3 Å². The molecule has 170 valence electrons. The molecule has 0 aliphatic carbocycles. The fraction of sp³-hybridized carbons (Fsp3) is 0.333. The summed E-state index contributed by atoms with van der Waals surface area (Å²) in [5.74, 6) is -0.573. The zero-order chi connectivity index (χ0) is 23.3. The quantitative estimate of drug-likeness (QED) is 0.335. The lowest BCUT2D eigenvalue weighted by molar-refractivity contribution is 0.0440. The molecule has 0 spiro atoms. The number of esters is 1. The van der Waals surface area contributed by atoms with Crippen molar-refractivity contribution in [2.24, 2.45) is 0 Å². The number of methoxy groups -OCH3 is 1. The van der Waals surface area contributed by atoms with E-state index in [2.05, 4.69) is 0 Å². The number of hydrogen-bond acceptors (Lipinski definition) is 6. The van der Waals surface area contributed by atoms with Crippen LogP contribution in [0.25, 0.3) is 0 Å². The van der Waals surface area contributed by atoms with E-state index >= 15 is 0 Å². The Balaban J connectivity index is 1.56. The number of benzene rings is 1. The number of aromatic nitrogens is 1. The van der Waals surface area contributed by atoms with Gasteiger partial charge in [-0.25, -0.2) is 9.18 Å². The Hall–Kier alpha value is -3.39. The number of carbonyl (C=O) groups excluding carboxylic acids is 2. The summed E-state index contributed by atoms with van der Waals surface area (Å²) in [7, 11) is 1.63. The van der Waals surface area contributed by atoms with Gasteiger partial charge >= 0.3 is 5.97 Å². The first-order valence-corrected chi connectivity index (χ1v) is 10.1. The van der Waals surface area contributed by atoms with Crippen LogP contribution < -0.4 is 4.74 Å². The van der Waals surface area contributed by atoms with Gasteiger partial charge < -0.3 is 23.2 Å². The number of rotatable bonds is 10. The van der Waals surface area contributed by atoms with Crippen LogP contribution in [0.5, 0.6) is 5.75 Å². The average molecular weight is 443 g/mol. The van der Waals surface area contributed by atoms with E-state index in [0.29, 0.717) is 23.7 Å². The van der Waals surface area contributed by atoms with E-state index < -0.39 is 12.6 Å². The second kappa shape index (κ2) is 10.3. The fourth-order valence-corrected chi connectivity index (χ4v) is 3.58. The maximum Gasteiger partial charge on any atom is 0.374 e. The third-order valence-corrected chi connectivity index (χ3v) is 5.03. The number of halogens is 1. The third-order valence-electron chi connectivity index (χ3n) is 5.03. The van der Waals surface area contributed by atoms with E-state index in [1.165, 1.54) is 30.3 Å². The summed E-state index contributed by atoms with van der Waals surface area (Å²) >= 11 is 0. The molecule has 1 atom stereocenters. The van der Waals surface area contributed by atoms with Crippen molar-refractivity contribution in [3.8, 4) is 5.75 Å². The number of nitrogens with zero attached hydrogens (tertiary/aromatic N) is 1. The van der Waals surface area contributed by atoms with Crippen molar-refractivity contribution in [1.82, 2.24) is 4.57 Å². The first-order valence-electron chi connectivity index (χ1n) is 10.1. The molecule has 0 saturated heterocycles. The van der Waals surface area contributed by atoms with E-state index in [1.54, 1.807) is 19.2 Å². The highest BCUT2D eigenvalue weighted by Crippen LogP contribution is 2.21. The van der Waals surface area contributed by atoms with Crippen molar-refractivity contribution in [3.05, 3.63) is 76.8 Å². The van der Waals surface area contributed by atoms with E-state index in [-0.39, 0.29) is 30.0 Å². The van der Waals surface area contributed by atoms with E-state index in [1.807, 2.05) is 25.3 Å². The maximum atomic E-state index is 12.9. The third kappa shape index (κ3) is 5.45. The van der Waals surface area contributed by atoms with Crippen LogP contribution >= 0.6 is 0 Å². The Morgan fingerprint density at radius 2 is 1.84 bits per heavy atom. The van der Waals surface area contributed by atoms with E-state index in [0.717, 1.165) is 11.4 Å². The highest BCUT2D eigenvalue weighted by atomic mass is 19.1. The maximum absolute atomic E-state index is 12.9. The summed E-state index contributed by atoms with van der Waals surface area (Å²) in [5, 5.41) is 0. The van der Waals surface area contributed by atoms with Gasteiger partial charge in [0, 0.05) is 24.1 Å². The normalized spacial score (nSPS) is 11.9. The highest BCUT2D eigenvalue weighted by molar-refractivity contribution is 6.00. The molecular formula is C24H26FNO6. The Bertz CT molecular complexity index is 1080. The van der Waals surface area contributed by atoms with Crippen molar-refractivity contribution in [3.63, 3.8) is 0 Å². The molecule has 2 heterocycles. The van der Waals surface area contributed by atoms with E-state index in [9.17, 15) is 14.0 Å². The zero-order valence-electron chi connectivity index (χ0n) is 18.5. The topological polar surface area (TPSA) is 79.9 Å². The molecule has 2 aromatic heterocycles. The lowest BCUT2D eigenvalue weighted by Crippen LogP contribution is -2.17. The molecule has 0 amide bonds. The largest absolute Gasteiger partial charge is 0.486 e. The summed E-state index contributed by atoms with van der Waals surface area (Å²) in [6, 6.07) is 10.4. The molecule has 0 bridgehead atoms. The highest BCUT2D eigenvalue weighted by Gasteiger charge is 2.21. The monoisotopic (exact) mass is 443 g/mol. The van der Waals surface area contributed by atoms with Crippen LogP contribution in [0.1, 0.15) is 51.0 Å². The molecule has 1 aromatic carbocycles. The van der Waals surface area contributed by atoms with Crippen LogP contribution in [0.4, 0.5) is 4.39 Å². The molecule has 8 heteroatoms. The Kier molecular flexibility index (Phi) is 7.48. The lowest BCUT2D eigenvalue weighted by Gasteiger charge is -2.17. The van der Waals surface area contributed by atoms with Gasteiger partial charge in [0.2, 0.25) is 11.5 Å². The van der Waals surface area contributed by atoms with Crippen LogP contribution in [-0.2, 0) is 16.1 Å². The van der Waals surface area contributed by atoms with E-state index in [4.69, 9.17) is 18.6 Å². The molecule has 7 nitrogen and oxygen atoms in total. The number of carbonyl (C=O) groups is 2. The molecule has 32 heavy (non-hydrogen) atoms. The van der Waals surface area contributed by atoms with Crippen LogP contribution in [0.3, 0.4) is 0 Å². The van der Waals surface area contributed by atoms with Crippen LogP contribution in [-0.4, -0.2) is 36.6 Å². The first-order chi connectivity index (χ1) is 15.3. The van der Waals surface area contributed by atoms with Gasteiger partial charge in [-0.05, 0) is 63.2 Å². The van der Waals surface area contributed by atoms with Crippen LogP contribution in [0.15, 0.2) is 46.9 Å². The SMILES string of the molecule is COCC(C)n1c(C)cc(C(=O)COC(=O)c2ccc(COc3ccc(F)cc3)o2)c1C. The number of hydrogen-bond donors (Lipinski definition) is 0. The second-order valence-corrected chi connectivity index (χ2v) is 7.47. The molecule has 0 fully saturated rings. The van der Waals surface area contributed by atoms with Gasteiger partial charge in [-0.2, -0.15) is 0 Å². The summed E-state index contributed by atoms with van der Waals surface area (Å²) in [6.45, 7) is 5.96. The Labute approximate surface area is 185 Å². The predicted molar refractivity (Wildman–Crippen MR) is 115 cm³/mol. The fourth-order valence-electron chi connectivity index (χ4n) is 3.58. The molecule has 3 aromatic rings. The second-order valence-electron chi connectivity index (χ2n) is 7.47. The number of furan rings is 1. The summed E-state index contributed by atoms with van der Waals surface area (Å²) in [5.41, 5.74) is 2.23. The van der Waals surface area contributed by atoms with Crippen LogP contribution in [0.2, 0.25) is 0 Å². The molecule has 0 N–H and O–H groups in total. The number of ketones is 1. The van der Waals surface area contributed by atoms with Crippen molar-refractivity contribution >= 4 is 11.8 Å².